The van der Waals surface area contributed by atoms with Crippen molar-refractivity contribution in [1.82, 2.24) is 0 Å². The molecule has 1 aromatic rings. The number of aliphatic carboxylic acids is 1. The molecule has 0 amide bonds. The fourth-order valence-electron chi connectivity index (χ4n) is 1.57. The van der Waals surface area contributed by atoms with E-state index in [2.05, 4.69) is 5.32 Å². The maximum absolute atomic E-state index is 11.4. The lowest BCUT2D eigenvalue weighted by Gasteiger charge is -2.28. The average molecular weight is 253 g/mol. The molecule has 0 aliphatic rings. The number of carboxylic acids is 1. The summed E-state index contributed by atoms with van der Waals surface area (Å²) in [5.41, 5.74) is -0.439. The summed E-state index contributed by atoms with van der Waals surface area (Å²) < 4.78 is 10.1. The largest absolute Gasteiger partial charge is 0.495 e. The van der Waals surface area contributed by atoms with Crippen molar-refractivity contribution in [2.75, 3.05) is 26.1 Å². The predicted molar refractivity (Wildman–Crippen MR) is 69.2 cm³/mol. The van der Waals surface area contributed by atoms with Gasteiger partial charge in [0.2, 0.25) is 0 Å². The Hall–Kier alpha value is -1.75. The van der Waals surface area contributed by atoms with Gasteiger partial charge in [0.1, 0.15) is 11.3 Å². The van der Waals surface area contributed by atoms with E-state index in [1.165, 1.54) is 0 Å². The van der Waals surface area contributed by atoms with Crippen LogP contribution in [0.5, 0.6) is 5.75 Å². The van der Waals surface area contributed by atoms with Crippen molar-refractivity contribution in [3.05, 3.63) is 24.3 Å². The summed E-state index contributed by atoms with van der Waals surface area (Å²) in [6.07, 6.45) is 0.358. The van der Waals surface area contributed by atoms with Gasteiger partial charge in [-0.25, -0.2) is 4.79 Å². The van der Waals surface area contributed by atoms with Gasteiger partial charge in [0.05, 0.1) is 12.8 Å². The number of nitrogens with one attached hydrogen (secondary N) is 1. The molecule has 1 unspecified atom stereocenters. The number of hydrogen-bond donors (Lipinski definition) is 2. The van der Waals surface area contributed by atoms with Crippen molar-refractivity contribution in [3.8, 4) is 5.75 Å². The van der Waals surface area contributed by atoms with Crippen LogP contribution in [0.4, 0.5) is 5.69 Å². The Labute approximate surface area is 107 Å². The van der Waals surface area contributed by atoms with Crippen LogP contribution in [0.3, 0.4) is 0 Å². The van der Waals surface area contributed by atoms with Crippen LogP contribution < -0.4 is 10.1 Å². The molecule has 0 spiro atoms. The van der Waals surface area contributed by atoms with Crippen LogP contribution in [-0.2, 0) is 9.53 Å². The predicted octanol–water partition coefficient (Wildman–Crippen LogP) is 1.99. The summed E-state index contributed by atoms with van der Waals surface area (Å²) in [5.74, 6) is -0.312. The monoisotopic (exact) mass is 253 g/mol. The summed E-state index contributed by atoms with van der Waals surface area (Å²) in [5, 5.41) is 12.3. The standard InChI is InChI=1S/C13H19NO4/c1-13(12(15)16,8-9-17-2)14-10-6-4-5-7-11(10)18-3/h4-7,14H,8-9H2,1-3H3,(H,15,16). The van der Waals surface area contributed by atoms with E-state index in [1.807, 2.05) is 12.1 Å². The maximum atomic E-state index is 11.4. The third kappa shape index (κ3) is 3.37. The molecule has 1 rings (SSSR count). The molecule has 1 aromatic carbocycles. The molecule has 0 heterocycles. The van der Waals surface area contributed by atoms with Crippen molar-refractivity contribution >= 4 is 11.7 Å². The second-order valence-electron chi connectivity index (χ2n) is 4.21. The lowest BCUT2D eigenvalue weighted by atomic mass is 9.98. The van der Waals surface area contributed by atoms with Gasteiger partial charge in [-0.2, -0.15) is 0 Å². The van der Waals surface area contributed by atoms with E-state index < -0.39 is 11.5 Å². The molecule has 0 saturated heterocycles. The van der Waals surface area contributed by atoms with E-state index in [-0.39, 0.29) is 0 Å². The Balaban J connectivity index is 2.92. The van der Waals surface area contributed by atoms with E-state index >= 15 is 0 Å². The summed E-state index contributed by atoms with van der Waals surface area (Å²) in [6, 6.07) is 7.22. The second kappa shape index (κ2) is 6.26. The number of ether oxygens (including phenoxy) is 2. The van der Waals surface area contributed by atoms with Crippen molar-refractivity contribution in [2.45, 2.75) is 18.9 Å². The molecule has 0 aliphatic heterocycles. The molecule has 18 heavy (non-hydrogen) atoms. The first-order valence-corrected chi connectivity index (χ1v) is 5.67. The topological polar surface area (TPSA) is 67.8 Å². The molecule has 5 nitrogen and oxygen atoms in total. The van der Waals surface area contributed by atoms with E-state index in [1.54, 1.807) is 33.3 Å². The zero-order valence-electron chi connectivity index (χ0n) is 10.9. The van der Waals surface area contributed by atoms with Crippen LogP contribution in [-0.4, -0.2) is 37.4 Å². The summed E-state index contributed by atoms with van der Waals surface area (Å²) in [7, 11) is 3.10. The normalized spacial score (nSPS) is 13.7. The highest BCUT2D eigenvalue weighted by Gasteiger charge is 2.33. The van der Waals surface area contributed by atoms with Gasteiger partial charge >= 0.3 is 5.97 Å². The molecule has 0 fully saturated rings. The van der Waals surface area contributed by atoms with Gasteiger partial charge < -0.3 is 19.9 Å². The van der Waals surface area contributed by atoms with Gasteiger partial charge in [0.25, 0.3) is 0 Å². The number of methoxy groups -OCH3 is 2. The lowest BCUT2D eigenvalue weighted by molar-refractivity contribution is -0.142. The summed E-state index contributed by atoms with van der Waals surface area (Å²) in [4.78, 5) is 11.4. The molecular formula is C13H19NO4. The van der Waals surface area contributed by atoms with Crippen LogP contribution in [0, 0.1) is 0 Å². The maximum Gasteiger partial charge on any atom is 0.329 e. The molecular weight excluding hydrogens is 234 g/mol. The van der Waals surface area contributed by atoms with Crippen LogP contribution in [0.25, 0.3) is 0 Å². The van der Waals surface area contributed by atoms with Crippen molar-refractivity contribution in [2.24, 2.45) is 0 Å². The molecule has 0 saturated carbocycles. The third-order valence-corrected chi connectivity index (χ3v) is 2.80. The summed E-state index contributed by atoms with van der Waals surface area (Å²) >= 11 is 0. The Bertz CT molecular complexity index is 408. The first-order valence-electron chi connectivity index (χ1n) is 5.67. The number of carbonyl (C=O) groups is 1. The highest BCUT2D eigenvalue weighted by atomic mass is 16.5. The van der Waals surface area contributed by atoms with E-state index in [0.29, 0.717) is 24.5 Å². The Kier molecular flexibility index (Phi) is 4.97. The minimum absolute atomic E-state index is 0.358. The second-order valence-corrected chi connectivity index (χ2v) is 4.21. The Morgan fingerprint density at radius 2 is 2.06 bits per heavy atom. The SMILES string of the molecule is COCCC(C)(Nc1ccccc1OC)C(=O)O. The Morgan fingerprint density at radius 3 is 2.61 bits per heavy atom. The zero-order chi connectivity index (χ0) is 13.6. The zero-order valence-corrected chi connectivity index (χ0v) is 10.9. The highest BCUT2D eigenvalue weighted by Crippen LogP contribution is 2.28. The lowest BCUT2D eigenvalue weighted by Crippen LogP contribution is -2.44. The smallest absolute Gasteiger partial charge is 0.329 e. The van der Waals surface area contributed by atoms with Crippen molar-refractivity contribution in [3.63, 3.8) is 0 Å². The van der Waals surface area contributed by atoms with Crippen LogP contribution >= 0.6 is 0 Å². The molecule has 0 aliphatic carbocycles. The molecule has 2 N–H and O–H groups in total. The van der Waals surface area contributed by atoms with E-state index in [0.717, 1.165) is 0 Å². The molecule has 100 valence electrons. The van der Waals surface area contributed by atoms with E-state index in [9.17, 15) is 9.90 Å². The first kappa shape index (κ1) is 14.3. The molecule has 0 aromatic heterocycles. The van der Waals surface area contributed by atoms with Crippen LogP contribution in [0.15, 0.2) is 24.3 Å². The summed E-state index contributed by atoms with van der Waals surface area (Å²) in [6.45, 7) is 1.99. The molecule has 1 atom stereocenters. The van der Waals surface area contributed by atoms with Crippen LogP contribution in [0.2, 0.25) is 0 Å². The molecule has 5 heteroatoms. The number of carboxylic acid groups (broad SMARTS) is 1. The third-order valence-electron chi connectivity index (χ3n) is 2.80. The van der Waals surface area contributed by atoms with Gasteiger partial charge in [-0.3, -0.25) is 0 Å². The highest BCUT2D eigenvalue weighted by molar-refractivity contribution is 5.83. The van der Waals surface area contributed by atoms with Gasteiger partial charge in [-0.1, -0.05) is 12.1 Å². The van der Waals surface area contributed by atoms with Gasteiger partial charge in [-0.15, -0.1) is 0 Å². The number of para-hydroxylation sites is 2. The van der Waals surface area contributed by atoms with Crippen molar-refractivity contribution < 1.29 is 19.4 Å². The quantitative estimate of drug-likeness (QED) is 0.777. The fourth-order valence-corrected chi connectivity index (χ4v) is 1.57. The van der Waals surface area contributed by atoms with Crippen LogP contribution in [0.1, 0.15) is 13.3 Å². The van der Waals surface area contributed by atoms with Crippen molar-refractivity contribution in [1.29, 1.82) is 0 Å². The number of anilines is 1. The minimum Gasteiger partial charge on any atom is -0.495 e. The van der Waals surface area contributed by atoms with E-state index in [4.69, 9.17) is 9.47 Å². The average Bonchev–Trinajstić information content (AvgIpc) is 2.37. The van der Waals surface area contributed by atoms with Gasteiger partial charge in [0.15, 0.2) is 0 Å². The molecule has 0 radical (unpaired) electrons. The number of benzene rings is 1. The minimum atomic E-state index is -1.09. The fraction of sp³-hybridized carbons (Fsp3) is 0.462. The first-order chi connectivity index (χ1) is 8.53. The number of rotatable bonds is 7. The van der Waals surface area contributed by atoms with Gasteiger partial charge in [0, 0.05) is 20.1 Å². The Morgan fingerprint density at radius 1 is 1.39 bits per heavy atom. The molecule has 0 bridgehead atoms. The number of hydrogen-bond acceptors (Lipinski definition) is 4. The van der Waals surface area contributed by atoms with Gasteiger partial charge in [-0.05, 0) is 19.1 Å².